The summed E-state index contributed by atoms with van der Waals surface area (Å²) in [7, 11) is 1.69. The number of hydrogen-bond donors (Lipinski definition) is 1. The van der Waals surface area contributed by atoms with Gasteiger partial charge in [0.1, 0.15) is 5.69 Å². The first-order valence-corrected chi connectivity index (χ1v) is 12.5. The van der Waals surface area contributed by atoms with Crippen LogP contribution in [0.2, 0.25) is 0 Å². The molecule has 1 aliphatic heterocycles. The quantitative estimate of drug-likeness (QED) is 0.535. The van der Waals surface area contributed by atoms with Gasteiger partial charge < -0.3 is 24.2 Å². The number of carbonyl (C=O) groups excluding carboxylic acids is 2. The Morgan fingerprint density at radius 1 is 1.30 bits per heavy atom. The monoisotopic (exact) mass is 510 g/mol. The summed E-state index contributed by atoms with van der Waals surface area (Å²) in [6.07, 6.45) is 2.36. The minimum atomic E-state index is -0.415. The molecule has 0 aliphatic carbocycles. The highest BCUT2D eigenvalue weighted by atomic mass is 16.5. The van der Waals surface area contributed by atoms with Gasteiger partial charge in [-0.1, -0.05) is 47.6 Å². The van der Waals surface area contributed by atoms with Crippen molar-refractivity contribution in [3.8, 4) is 11.3 Å². The lowest BCUT2D eigenvalue weighted by molar-refractivity contribution is -0.136. The number of aliphatic hydroxyl groups is 1. The average Bonchev–Trinajstić information content (AvgIpc) is 3.58. The van der Waals surface area contributed by atoms with Crippen molar-refractivity contribution in [3.63, 3.8) is 0 Å². The lowest BCUT2D eigenvalue weighted by Gasteiger charge is -2.35. The molecule has 198 valence electrons. The third kappa shape index (κ3) is 6.60. The van der Waals surface area contributed by atoms with Crippen LogP contribution in [0.3, 0.4) is 0 Å². The minimum absolute atomic E-state index is 0.0350. The molecule has 11 heteroatoms. The number of likely N-dealkylation sites (N-methyl/N-ethyl adjacent to an activating group) is 1. The first-order valence-electron chi connectivity index (χ1n) is 12.5. The van der Waals surface area contributed by atoms with Crippen molar-refractivity contribution < 1.29 is 24.0 Å². The van der Waals surface area contributed by atoms with Crippen molar-refractivity contribution >= 4 is 11.8 Å². The van der Waals surface area contributed by atoms with Crippen LogP contribution in [0.1, 0.15) is 42.9 Å². The summed E-state index contributed by atoms with van der Waals surface area (Å²) in [6.45, 7) is 5.11. The van der Waals surface area contributed by atoms with Gasteiger partial charge in [0.2, 0.25) is 5.91 Å². The van der Waals surface area contributed by atoms with Crippen LogP contribution in [0.25, 0.3) is 11.3 Å². The molecule has 0 saturated heterocycles. The van der Waals surface area contributed by atoms with Crippen LogP contribution in [-0.2, 0) is 22.7 Å². The fourth-order valence-corrected chi connectivity index (χ4v) is 4.36. The zero-order chi connectivity index (χ0) is 26.4. The van der Waals surface area contributed by atoms with Crippen LogP contribution in [0, 0.1) is 5.92 Å². The zero-order valence-corrected chi connectivity index (χ0v) is 21.5. The molecule has 1 N–H and O–H groups in total. The molecule has 0 radical (unpaired) electrons. The Balaban J connectivity index is 1.51. The normalized spacial score (nSPS) is 20.0. The van der Waals surface area contributed by atoms with Crippen molar-refractivity contribution in [2.24, 2.45) is 5.92 Å². The number of aromatic nitrogens is 4. The highest BCUT2D eigenvalue weighted by Crippen LogP contribution is 2.22. The number of carbonyl (C=O) groups is 2. The van der Waals surface area contributed by atoms with Gasteiger partial charge in [0.15, 0.2) is 11.5 Å². The Bertz CT molecular complexity index is 1180. The number of ether oxygens (including phenoxy) is 1. The molecule has 2 amide bonds. The number of aryl methyl sites for hydroxylation is 1. The van der Waals surface area contributed by atoms with Gasteiger partial charge in [-0.25, -0.2) is 0 Å². The molecule has 0 unspecified atom stereocenters. The van der Waals surface area contributed by atoms with Crippen molar-refractivity contribution in [3.05, 3.63) is 54.0 Å². The SMILES string of the molecule is C[C@@H]1CN([C@@H](C)CO)C(=O)CCCn2cc(nn2)CO[C@@H]1CN(C)C(=O)c1cc(-c2ccccc2)on1. The lowest BCUT2D eigenvalue weighted by atomic mass is 10.0. The molecule has 3 atom stereocenters. The van der Waals surface area contributed by atoms with Crippen LogP contribution in [0.5, 0.6) is 0 Å². The maximum Gasteiger partial charge on any atom is 0.275 e. The van der Waals surface area contributed by atoms with Gasteiger partial charge in [0, 0.05) is 50.7 Å². The van der Waals surface area contributed by atoms with E-state index in [-0.39, 0.29) is 49.2 Å². The predicted octanol–water partition coefficient (Wildman–Crippen LogP) is 2.23. The van der Waals surface area contributed by atoms with E-state index < -0.39 is 6.10 Å². The van der Waals surface area contributed by atoms with Crippen molar-refractivity contribution in [1.29, 1.82) is 0 Å². The van der Waals surface area contributed by atoms with E-state index in [4.69, 9.17) is 9.26 Å². The summed E-state index contributed by atoms with van der Waals surface area (Å²) in [6, 6.07) is 10.8. The molecule has 11 nitrogen and oxygen atoms in total. The van der Waals surface area contributed by atoms with Crippen LogP contribution in [0.15, 0.2) is 47.1 Å². The summed E-state index contributed by atoms with van der Waals surface area (Å²) >= 11 is 0. The van der Waals surface area contributed by atoms with Gasteiger partial charge in [-0.2, -0.15) is 0 Å². The first-order chi connectivity index (χ1) is 17.9. The van der Waals surface area contributed by atoms with E-state index in [1.165, 1.54) is 0 Å². The molecule has 3 heterocycles. The molecule has 1 aliphatic rings. The third-order valence-electron chi connectivity index (χ3n) is 6.63. The highest BCUT2D eigenvalue weighted by molar-refractivity contribution is 5.93. The number of hydrogen-bond acceptors (Lipinski definition) is 8. The zero-order valence-electron chi connectivity index (χ0n) is 21.5. The standard InChI is InChI=1S/C26H34N6O5/c1-18-13-32(19(2)16-33)25(34)10-7-11-31-14-21(27-29-31)17-36-24(18)15-30(3)26(35)22-12-23(37-28-22)20-8-5-4-6-9-20/h4-6,8-9,12,14,18-19,24,33H,7,10-11,13,15-17H2,1-3H3/t18-,19+,24-/m1/s1. The predicted molar refractivity (Wildman–Crippen MR) is 134 cm³/mol. The fraction of sp³-hybridized carbons (Fsp3) is 0.500. The Morgan fingerprint density at radius 2 is 2.08 bits per heavy atom. The number of nitrogens with zero attached hydrogens (tertiary/aromatic N) is 6. The molecule has 3 aromatic rings. The highest BCUT2D eigenvalue weighted by Gasteiger charge is 2.29. The lowest BCUT2D eigenvalue weighted by Crippen LogP contribution is -2.47. The number of rotatable bonds is 6. The number of fused-ring (bicyclic) bond motifs is 2. The van der Waals surface area contributed by atoms with E-state index in [0.717, 1.165) is 5.56 Å². The maximum absolute atomic E-state index is 13.2. The van der Waals surface area contributed by atoms with Crippen molar-refractivity contribution in [2.75, 3.05) is 26.7 Å². The maximum atomic E-state index is 13.2. The van der Waals surface area contributed by atoms with Crippen LogP contribution in [0.4, 0.5) is 0 Å². The Morgan fingerprint density at radius 3 is 2.84 bits per heavy atom. The van der Waals surface area contributed by atoms with E-state index in [9.17, 15) is 14.7 Å². The van der Waals surface area contributed by atoms with Crippen molar-refractivity contribution in [1.82, 2.24) is 30.0 Å². The van der Waals surface area contributed by atoms with E-state index in [2.05, 4.69) is 15.5 Å². The number of aliphatic hydroxyl groups excluding tert-OH is 1. The number of benzene rings is 1. The second kappa shape index (κ2) is 12.1. The van der Waals surface area contributed by atoms with Crippen LogP contribution in [-0.4, -0.2) is 85.8 Å². The summed E-state index contributed by atoms with van der Waals surface area (Å²) < 4.78 is 13.3. The third-order valence-corrected chi connectivity index (χ3v) is 6.63. The molecule has 37 heavy (non-hydrogen) atoms. The van der Waals surface area contributed by atoms with Gasteiger partial charge in [0.05, 0.1) is 31.6 Å². The second-order valence-electron chi connectivity index (χ2n) is 9.61. The first kappa shape index (κ1) is 26.5. The molecule has 0 spiro atoms. The van der Waals surface area contributed by atoms with Gasteiger partial charge in [-0.15, -0.1) is 5.10 Å². The van der Waals surface area contributed by atoms with E-state index >= 15 is 0 Å². The molecule has 0 saturated carbocycles. The molecular weight excluding hydrogens is 476 g/mol. The topological polar surface area (TPSA) is 127 Å². The van der Waals surface area contributed by atoms with E-state index in [1.54, 1.807) is 27.6 Å². The fourth-order valence-electron chi connectivity index (χ4n) is 4.36. The second-order valence-corrected chi connectivity index (χ2v) is 9.61. The van der Waals surface area contributed by atoms with E-state index in [1.807, 2.05) is 50.4 Å². The molecule has 1 aromatic carbocycles. The summed E-state index contributed by atoms with van der Waals surface area (Å²) in [5.74, 6) is 0.0416. The summed E-state index contributed by atoms with van der Waals surface area (Å²) in [4.78, 5) is 29.5. The Kier molecular flexibility index (Phi) is 8.67. The molecular formula is C26H34N6O5. The van der Waals surface area contributed by atoms with Crippen LogP contribution >= 0.6 is 0 Å². The summed E-state index contributed by atoms with van der Waals surface area (Å²) in [5, 5.41) is 22.0. The van der Waals surface area contributed by atoms with E-state index in [0.29, 0.717) is 37.4 Å². The summed E-state index contributed by atoms with van der Waals surface area (Å²) in [5.41, 5.74) is 1.72. The smallest absolute Gasteiger partial charge is 0.275 e. The largest absolute Gasteiger partial charge is 0.394 e. The Labute approximate surface area is 216 Å². The average molecular weight is 511 g/mol. The molecule has 4 rings (SSSR count). The minimum Gasteiger partial charge on any atom is -0.394 e. The van der Waals surface area contributed by atoms with Gasteiger partial charge in [-0.3, -0.25) is 14.3 Å². The molecule has 0 fully saturated rings. The van der Waals surface area contributed by atoms with Crippen LogP contribution < -0.4 is 0 Å². The van der Waals surface area contributed by atoms with Gasteiger partial charge in [0.25, 0.3) is 5.91 Å². The Hall–Kier alpha value is -3.57. The molecule has 2 aromatic heterocycles. The van der Waals surface area contributed by atoms with Gasteiger partial charge in [-0.05, 0) is 13.3 Å². The van der Waals surface area contributed by atoms with Crippen molar-refractivity contribution in [2.45, 2.75) is 52.0 Å². The molecule has 2 bridgehead atoms. The van der Waals surface area contributed by atoms with Gasteiger partial charge >= 0.3 is 0 Å². The number of amides is 2.